The topological polar surface area (TPSA) is 24.1 Å². The van der Waals surface area contributed by atoms with Crippen molar-refractivity contribution in [2.75, 3.05) is 11.9 Å². The van der Waals surface area contributed by atoms with Gasteiger partial charge in [0.05, 0.1) is 6.04 Å². The second-order valence-electron chi connectivity index (χ2n) is 4.59. The molecule has 1 heterocycles. The zero-order valence-corrected chi connectivity index (χ0v) is 10.7. The summed E-state index contributed by atoms with van der Waals surface area (Å²) in [6.45, 7) is 5.54. The second-order valence-corrected chi connectivity index (χ2v) is 4.59. The number of hydrogen-bond donors (Lipinski definition) is 2. The molecule has 2 rings (SSSR count). The van der Waals surface area contributed by atoms with Gasteiger partial charge in [0.1, 0.15) is 0 Å². The maximum atomic E-state index is 3.61. The number of nitrogens with one attached hydrogen (secondary N) is 2. The molecule has 2 atom stereocenters. The van der Waals surface area contributed by atoms with E-state index in [2.05, 4.69) is 60.9 Å². The molecule has 0 aromatic heterocycles. The van der Waals surface area contributed by atoms with Crippen LogP contribution in [0.1, 0.15) is 32.3 Å². The van der Waals surface area contributed by atoms with Crippen molar-refractivity contribution in [3.63, 3.8) is 0 Å². The number of fused-ring (bicyclic) bond motifs is 1. The molecule has 0 radical (unpaired) electrons. The van der Waals surface area contributed by atoms with Crippen molar-refractivity contribution < 1.29 is 0 Å². The standard InChI is InChI=1S/C15H22N2/c1-3-11-16-13(4-2)15-10-9-12-7-5-6-8-14(12)17-15/h5-10,13,15-17H,3-4,11H2,1-2H3. The summed E-state index contributed by atoms with van der Waals surface area (Å²) >= 11 is 0. The maximum absolute atomic E-state index is 3.61. The van der Waals surface area contributed by atoms with E-state index in [9.17, 15) is 0 Å². The quantitative estimate of drug-likeness (QED) is 0.811. The normalized spacial score (nSPS) is 19.5. The van der Waals surface area contributed by atoms with E-state index in [4.69, 9.17) is 0 Å². The molecule has 0 aliphatic carbocycles. The first kappa shape index (κ1) is 12.2. The monoisotopic (exact) mass is 230 g/mol. The summed E-state index contributed by atoms with van der Waals surface area (Å²) in [7, 11) is 0. The van der Waals surface area contributed by atoms with Crippen LogP contribution >= 0.6 is 0 Å². The molecule has 2 nitrogen and oxygen atoms in total. The Labute approximate surface area is 104 Å². The molecule has 1 aromatic rings. The molecular weight excluding hydrogens is 208 g/mol. The van der Waals surface area contributed by atoms with Crippen LogP contribution in [0.3, 0.4) is 0 Å². The van der Waals surface area contributed by atoms with Gasteiger partial charge < -0.3 is 10.6 Å². The molecule has 2 N–H and O–H groups in total. The number of rotatable bonds is 5. The van der Waals surface area contributed by atoms with Crippen LogP contribution in [0.5, 0.6) is 0 Å². The van der Waals surface area contributed by atoms with Gasteiger partial charge in [0, 0.05) is 11.7 Å². The van der Waals surface area contributed by atoms with E-state index in [0.717, 1.165) is 13.0 Å². The Kier molecular flexibility index (Phi) is 4.21. The van der Waals surface area contributed by atoms with Crippen LogP contribution in [0.15, 0.2) is 30.3 Å². The summed E-state index contributed by atoms with van der Waals surface area (Å²) < 4.78 is 0. The van der Waals surface area contributed by atoms with E-state index in [0.29, 0.717) is 12.1 Å². The highest BCUT2D eigenvalue weighted by Gasteiger charge is 2.19. The molecular formula is C15H22N2. The molecule has 0 saturated heterocycles. The molecule has 92 valence electrons. The largest absolute Gasteiger partial charge is 0.377 e. The zero-order valence-electron chi connectivity index (χ0n) is 10.7. The van der Waals surface area contributed by atoms with Crippen molar-refractivity contribution in [1.82, 2.24) is 5.32 Å². The molecule has 1 aromatic carbocycles. The molecule has 2 heteroatoms. The summed E-state index contributed by atoms with van der Waals surface area (Å²) in [6, 6.07) is 9.38. The Hall–Kier alpha value is -1.28. The molecule has 0 fully saturated rings. The summed E-state index contributed by atoms with van der Waals surface area (Å²) in [4.78, 5) is 0. The van der Waals surface area contributed by atoms with E-state index in [-0.39, 0.29) is 0 Å². The second kappa shape index (κ2) is 5.87. The molecule has 17 heavy (non-hydrogen) atoms. The molecule has 0 bridgehead atoms. The fourth-order valence-corrected chi connectivity index (χ4v) is 2.30. The van der Waals surface area contributed by atoms with Crippen LogP contribution in [-0.2, 0) is 0 Å². The van der Waals surface area contributed by atoms with E-state index >= 15 is 0 Å². The van der Waals surface area contributed by atoms with E-state index in [1.165, 1.54) is 17.7 Å². The Morgan fingerprint density at radius 2 is 2.12 bits per heavy atom. The minimum atomic E-state index is 0.404. The predicted octanol–water partition coefficient (Wildman–Crippen LogP) is 3.27. The highest BCUT2D eigenvalue weighted by molar-refractivity contribution is 5.70. The third-order valence-corrected chi connectivity index (χ3v) is 3.30. The van der Waals surface area contributed by atoms with Crippen LogP contribution in [0, 0.1) is 0 Å². The minimum absolute atomic E-state index is 0.404. The van der Waals surface area contributed by atoms with Crippen LogP contribution in [-0.4, -0.2) is 18.6 Å². The van der Waals surface area contributed by atoms with Gasteiger partial charge in [-0.15, -0.1) is 0 Å². The number of para-hydroxylation sites is 1. The Balaban J connectivity index is 2.05. The predicted molar refractivity (Wildman–Crippen MR) is 75.3 cm³/mol. The van der Waals surface area contributed by atoms with Crippen molar-refractivity contribution in [3.8, 4) is 0 Å². The summed E-state index contributed by atoms with van der Waals surface area (Å²) in [5.74, 6) is 0. The smallest absolute Gasteiger partial charge is 0.0601 e. The van der Waals surface area contributed by atoms with Crippen LogP contribution < -0.4 is 10.6 Å². The van der Waals surface area contributed by atoms with Crippen molar-refractivity contribution in [1.29, 1.82) is 0 Å². The van der Waals surface area contributed by atoms with Gasteiger partial charge in [-0.1, -0.05) is 44.2 Å². The van der Waals surface area contributed by atoms with Crippen molar-refractivity contribution in [2.45, 2.75) is 38.8 Å². The highest BCUT2D eigenvalue weighted by Crippen LogP contribution is 2.24. The molecule has 0 spiro atoms. The molecule has 0 amide bonds. The first-order valence-corrected chi connectivity index (χ1v) is 6.62. The lowest BCUT2D eigenvalue weighted by Crippen LogP contribution is -2.43. The maximum Gasteiger partial charge on any atom is 0.0601 e. The van der Waals surface area contributed by atoms with Gasteiger partial charge in [0.25, 0.3) is 0 Å². The average Bonchev–Trinajstić information content (AvgIpc) is 2.39. The van der Waals surface area contributed by atoms with Gasteiger partial charge in [-0.25, -0.2) is 0 Å². The van der Waals surface area contributed by atoms with E-state index < -0.39 is 0 Å². The first-order valence-electron chi connectivity index (χ1n) is 6.62. The van der Waals surface area contributed by atoms with Crippen LogP contribution in [0.25, 0.3) is 6.08 Å². The Bertz CT molecular complexity index is 384. The fraction of sp³-hybridized carbons (Fsp3) is 0.467. The van der Waals surface area contributed by atoms with Crippen LogP contribution in [0.2, 0.25) is 0 Å². The van der Waals surface area contributed by atoms with Gasteiger partial charge in [0.15, 0.2) is 0 Å². The lowest BCUT2D eigenvalue weighted by molar-refractivity contribution is 0.474. The fourth-order valence-electron chi connectivity index (χ4n) is 2.30. The number of hydrogen-bond acceptors (Lipinski definition) is 2. The van der Waals surface area contributed by atoms with Crippen molar-refractivity contribution >= 4 is 11.8 Å². The number of benzene rings is 1. The molecule has 1 aliphatic heterocycles. The number of anilines is 1. The van der Waals surface area contributed by atoms with E-state index in [1.807, 2.05) is 0 Å². The van der Waals surface area contributed by atoms with Gasteiger partial charge in [-0.3, -0.25) is 0 Å². The van der Waals surface area contributed by atoms with Gasteiger partial charge >= 0.3 is 0 Å². The first-order chi connectivity index (χ1) is 8.35. The average molecular weight is 230 g/mol. The third-order valence-electron chi connectivity index (χ3n) is 3.30. The Morgan fingerprint density at radius 1 is 1.29 bits per heavy atom. The molecule has 2 unspecified atom stereocenters. The Morgan fingerprint density at radius 3 is 2.88 bits per heavy atom. The zero-order chi connectivity index (χ0) is 12.1. The van der Waals surface area contributed by atoms with Crippen molar-refractivity contribution in [3.05, 3.63) is 35.9 Å². The molecule has 1 aliphatic rings. The van der Waals surface area contributed by atoms with Gasteiger partial charge in [0.2, 0.25) is 0 Å². The lowest BCUT2D eigenvalue weighted by atomic mass is 9.99. The summed E-state index contributed by atoms with van der Waals surface area (Å²) in [5, 5.41) is 7.21. The SMILES string of the molecule is CCCNC(CC)C1C=Cc2ccccc2N1. The minimum Gasteiger partial charge on any atom is -0.377 e. The van der Waals surface area contributed by atoms with Crippen molar-refractivity contribution in [2.24, 2.45) is 0 Å². The summed E-state index contributed by atoms with van der Waals surface area (Å²) in [6.07, 6.45) is 6.83. The molecule has 0 saturated carbocycles. The third kappa shape index (κ3) is 2.89. The van der Waals surface area contributed by atoms with Gasteiger partial charge in [-0.2, -0.15) is 0 Å². The summed E-state index contributed by atoms with van der Waals surface area (Å²) in [5.41, 5.74) is 2.53. The highest BCUT2D eigenvalue weighted by atomic mass is 15.0. The van der Waals surface area contributed by atoms with Gasteiger partial charge in [-0.05, 0) is 31.0 Å². The lowest BCUT2D eigenvalue weighted by Gasteiger charge is -2.30. The van der Waals surface area contributed by atoms with Crippen LogP contribution in [0.4, 0.5) is 5.69 Å². The van der Waals surface area contributed by atoms with E-state index in [1.54, 1.807) is 0 Å².